The highest BCUT2D eigenvalue weighted by molar-refractivity contribution is 5.80. The predicted molar refractivity (Wildman–Crippen MR) is 99.3 cm³/mol. The van der Waals surface area contributed by atoms with Crippen LogP contribution in [0.3, 0.4) is 0 Å². The molecule has 1 heterocycles. The topological polar surface area (TPSA) is 66.0 Å². The Kier molecular flexibility index (Phi) is 9.76. The third-order valence-electron chi connectivity index (χ3n) is 4.57. The molecular formula is C18H36N4O2. The number of aliphatic imine (C=N–C) groups is 1. The SMILES string of the molecule is CCNC(=NCCCCCC(=O)OC)NC1CN(C(C)C)CC1C. The highest BCUT2D eigenvalue weighted by atomic mass is 16.5. The van der Waals surface area contributed by atoms with E-state index >= 15 is 0 Å². The number of carbonyl (C=O) groups is 1. The summed E-state index contributed by atoms with van der Waals surface area (Å²) in [5.41, 5.74) is 0. The van der Waals surface area contributed by atoms with Gasteiger partial charge in [0.05, 0.1) is 7.11 Å². The van der Waals surface area contributed by atoms with E-state index in [1.54, 1.807) is 0 Å². The number of likely N-dealkylation sites (tertiary alicyclic amines) is 1. The molecule has 1 aliphatic rings. The van der Waals surface area contributed by atoms with Gasteiger partial charge in [-0.05, 0) is 39.5 Å². The van der Waals surface area contributed by atoms with Gasteiger partial charge in [-0.1, -0.05) is 13.3 Å². The molecule has 0 radical (unpaired) electrons. The number of hydrogen-bond acceptors (Lipinski definition) is 4. The maximum absolute atomic E-state index is 11.1. The molecule has 6 heteroatoms. The lowest BCUT2D eigenvalue weighted by Gasteiger charge is -2.21. The van der Waals surface area contributed by atoms with Crippen LogP contribution in [0.1, 0.15) is 53.4 Å². The van der Waals surface area contributed by atoms with Crippen molar-refractivity contribution in [3.63, 3.8) is 0 Å². The summed E-state index contributed by atoms with van der Waals surface area (Å²) in [5.74, 6) is 1.41. The van der Waals surface area contributed by atoms with Gasteiger partial charge in [-0.2, -0.15) is 0 Å². The van der Waals surface area contributed by atoms with Crippen LogP contribution in [0.15, 0.2) is 4.99 Å². The monoisotopic (exact) mass is 340 g/mol. The van der Waals surface area contributed by atoms with E-state index in [0.29, 0.717) is 24.4 Å². The van der Waals surface area contributed by atoms with Gasteiger partial charge in [-0.15, -0.1) is 0 Å². The maximum Gasteiger partial charge on any atom is 0.305 e. The molecule has 2 atom stereocenters. The molecule has 0 aliphatic carbocycles. The van der Waals surface area contributed by atoms with Crippen molar-refractivity contribution >= 4 is 11.9 Å². The number of nitrogens with one attached hydrogen (secondary N) is 2. The number of hydrogen-bond donors (Lipinski definition) is 2. The molecule has 0 aromatic carbocycles. The Morgan fingerprint density at radius 3 is 2.62 bits per heavy atom. The van der Waals surface area contributed by atoms with Gasteiger partial charge in [0.2, 0.25) is 0 Å². The van der Waals surface area contributed by atoms with Crippen LogP contribution in [0, 0.1) is 5.92 Å². The van der Waals surface area contributed by atoms with Crippen LogP contribution in [-0.2, 0) is 9.53 Å². The van der Waals surface area contributed by atoms with Crippen LogP contribution >= 0.6 is 0 Å². The first kappa shape index (κ1) is 20.7. The quantitative estimate of drug-likeness (QED) is 0.291. The fourth-order valence-corrected chi connectivity index (χ4v) is 2.96. The van der Waals surface area contributed by atoms with E-state index in [2.05, 4.69) is 53.0 Å². The Morgan fingerprint density at radius 1 is 1.29 bits per heavy atom. The number of methoxy groups -OCH3 is 1. The van der Waals surface area contributed by atoms with Gasteiger partial charge in [0, 0.05) is 44.7 Å². The van der Waals surface area contributed by atoms with Gasteiger partial charge >= 0.3 is 5.97 Å². The highest BCUT2D eigenvalue weighted by Crippen LogP contribution is 2.18. The summed E-state index contributed by atoms with van der Waals surface area (Å²) in [6.07, 6.45) is 3.36. The maximum atomic E-state index is 11.1. The summed E-state index contributed by atoms with van der Waals surface area (Å²) < 4.78 is 4.65. The van der Waals surface area contributed by atoms with E-state index < -0.39 is 0 Å². The fraction of sp³-hybridized carbons (Fsp3) is 0.889. The van der Waals surface area contributed by atoms with Gasteiger partial charge in [0.15, 0.2) is 5.96 Å². The molecule has 2 N–H and O–H groups in total. The molecule has 0 saturated carbocycles. The molecule has 0 bridgehead atoms. The number of unbranched alkanes of at least 4 members (excludes halogenated alkanes) is 2. The van der Waals surface area contributed by atoms with Crippen LogP contribution in [0.25, 0.3) is 0 Å². The normalized spacial score (nSPS) is 22.0. The van der Waals surface area contributed by atoms with Crippen molar-refractivity contribution < 1.29 is 9.53 Å². The Bertz CT molecular complexity index is 398. The lowest BCUT2D eigenvalue weighted by Crippen LogP contribution is -2.46. The van der Waals surface area contributed by atoms with Crippen LogP contribution in [0.4, 0.5) is 0 Å². The van der Waals surface area contributed by atoms with Crippen LogP contribution < -0.4 is 10.6 Å². The molecule has 1 fully saturated rings. The predicted octanol–water partition coefficient (Wildman–Crippen LogP) is 2.00. The summed E-state index contributed by atoms with van der Waals surface area (Å²) in [6, 6.07) is 1.04. The number of esters is 1. The van der Waals surface area contributed by atoms with E-state index in [1.165, 1.54) is 7.11 Å². The van der Waals surface area contributed by atoms with E-state index in [4.69, 9.17) is 0 Å². The number of ether oxygens (including phenoxy) is 1. The average Bonchev–Trinajstić information content (AvgIpc) is 2.91. The van der Waals surface area contributed by atoms with Crippen molar-refractivity contribution in [2.45, 2.75) is 65.5 Å². The summed E-state index contributed by atoms with van der Waals surface area (Å²) in [5, 5.41) is 6.93. The second-order valence-electron chi connectivity index (χ2n) is 6.92. The van der Waals surface area contributed by atoms with Crippen LogP contribution in [0.5, 0.6) is 0 Å². The zero-order valence-electron chi connectivity index (χ0n) is 16.1. The smallest absolute Gasteiger partial charge is 0.305 e. The lowest BCUT2D eigenvalue weighted by molar-refractivity contribution is -0.140. The number of guanidine groups is 1. The van der Waals surface area contributed by atoms with Gasteiger partial charge in [0.1, 0.15) is 0 Å². The molecule has 2 unspecified atom stereocenters. The molecular weight excluding hydrogens is 304 g/mol. The number of nitrogens with zero attached hydrogens (tertiary/aromatic N) is 2. The second kappa shape index (κ2) is 11.3. The van der Waals surface area contributed by atoms with Gasteiger partial charge in [0.25, 0.3) is 0 Å². The molecule has 24 heavy (non-hydrogen) atoms. The van der Waals surface area contributed by atoms with Crippen LogP contribution in [0.2, 0.25) is 0 Å². The minimum absolute atomic E-state index is 0.126. The average molecular weight is 341 g/mol. The van der Waals surface area contributed by atoms with Crippen molar-refractivity contribution in [2.24, 2.45) is 10.9 Å². The molecule has 1 rings (SSSR count). The van der Waals surface area contributed by atoms with Crippen LogP contribution in [-0.4, -0.2) is 62.2 Å². The van der Waals surface area contributed by atoms with Gasteiger partial charge in [-0.25, -0.2) is 0 Å². The van der Waals surface area contributed by atoms with Crippen molar-refractivity contribution in [2.75, 3.05) is 33.3 Å². The minimum Gasteiger partial charge on any atom is -0.469 e. The van der Waals surface area contributed by atoms with Crippen molar-refractivity contribution in [1.29, 1.82) is 0 Å². The molecule has 6 nitrogen and oxygen atoms in total. The first-order valence-corrected chi connectivity index (χ1v) is 9.33. The Labute approximate surface area is 147 Å². The first-order valence-electron chi connectivity index (χ1n) is 9.33. The third-order valence-corrected chi connectivity index (χ3v) is 4.57. The summed E-state index contributed by atoms with van der Waals surface area (Å²) >= 11 is 0. The Balaban J connectivity index is 2.36. The molecule has 1 aliphatic heterocycles. The largest absolute Gasteiger partial charge is 0.469 e. The molecule has 0 aromatic heterocycles. The molecule has 0 aromatic rings. The van der Waals surface area contributed by atoms with E-state index in [-0.39, 0.29) is 5.97 Å². The van der Waals surface area contributed by atoms with E-state index in [0.717, 1.165) is 51.4 Å². The van der Waals surface area contributed by atoms with E-state index in [1.807, 2.05) is 0 Å². The summed E-state index contributed by atoms with van der Waals surface area (Å²) in [6.45, 7) is 12.8. The molecule has 0 amide bonds. The highest BCUT2D eigenvalue weighted by Gasteiger charge is 2.31. The zero-order chi connectivity index (χ0) is 17.9. The Hall–Kier alpha value is -1.30. The molecule has 0 spiro atoms. The fourth-order valence-electron chi connectivity index (χ4n) is 2.96. The summed E-state index contributed by atoms with van der Waals surface area (Å²) in [7, 11) is 1.44. The van der Waals surface area contributed by atoms with Gasteiger partial charge in [-0.3, -0.25) is 14.7 Å². The standard InChI is InChI=1S/C18H36N4O2/c1-6-19-18(20-11-9-7-8-10-17(23)24-5)21-16-13-22(14(2)3)12-15(16)4/h14-16H,6-13H2,1-5H3,(H2,19,20,21). The first-order chi connectivity index (χ1) is 11.5. The van der Waals surface area contributed by atoms with Crippen molar-refractivity contribution in [3.8, 4) is 0 Å². The molecule has 140 valence electrons. The Morgan fingerprint density at radius 2 is 2.04 bits per heavy atom. The number of rotatable bonds is 9. The lowest BCUT2D eigenvalue weighted by atomic mass is 10.1. The van der Waals surface area contributed by atoms with Gasteiger partial charge < -0.3 is 15.4 Å². The minimum atomic E-state index is -0.126. The molecule has 1 saturated heterocycles. The zero-order valence-corrected chi connectivity index (χ0v) is 16.1. The van der Waals surface area contributed by atoms with Crippen molar-refractivity contribution in [1.82, 2.24) is 15.5 Å². The van der Waals surface area contributed by atoms with E-state index in [9.17, 15) is 4.79 Å². The second-order valence-corrected chi connectivity index (χ2v) is 6.92. The summed E-state index contributed by atoms with van der Waals surface area (Å²) in [4.78, 5) is 18.3. The third kappa shape index (κ3) is 7.51. The van der Waals surface area contributed by atoms with Crippen molar-refractivity contribution in [3.05, 3.63) is 0 Å². The number of carbonyl (C=O) groups excluding carboxylic acids is 1.